The van der Waals surface area contributed by atoms with E-state index in [2.05, 4.69) is 57.0 Å². The highest BCUT2D eigenvalue weighted by Gasteiger charge is 2.45. The lowest BCUT2D eigenvalue weighted by atomic mass is 9.93. The van der Waals surface area contributed by atoms with Crippen molar-refractivity contribution in [2.24, 2.45) is 5.92 Å². The summed E-state index contributed by atoms with van der Waals surface area (Å²) in [4.78, 5) is 93.5. The molecule has 320 valence electrons. The van der Waals surface area contributed by atoms with E-state index in [4.69, 9.17) is 6.57 Å². The first-order chi connectivity index (χ1) is 30.1. The number of nitrogens with one attached hydrogen (secondary N) is 2. The maximum Gasteiger partial charge on any atom is 0.322 e. The van der Waals surface area contributed by atoms with E-state index in [9.17, 15) is 24.0 Å². The zero-order valence-corrected chi connectivity index (χ0v) is 35.0. The normalized spacial score (nSPS) is 22.5. The fourth-order valence-electron chi connectivity index (χ4n) is 9.65. The summed E-state index contributed by atoms with van der Waals surface area (Å²) < 4.78 is 0. The Balaban J connectivity index is 0.710. The zero-order chi connectivity index (χ0) is 43.1. The number of carbonyl (C=O) groups is 5. The van der Waals surface area contributed by atoms with Crippen LogP contribution in [0.2, 0.25) is 0 Å². The number of piperazine rings is 2. The van der Waals surface area contributed by atoms with Gasteiger partial charge in [-0.3, -0.25) is 39.3 Å². The lowest BCUT2D eigenvalue weighted by molar-refractivity contribution is -0.136. The molecule has 2 aromatic heterocycles. The van der Waals surface area contributed by atoms with E-state index in [1.54, 1.807) is 30.7 Å². The summed E-state index contributed by atoms with van der Waals surface area (Å²) in [6, 6.07) is 11.8. The molecular formula is C45H50N12O5. The molecule has 17 heteroatoms. The predicted octanol–water partition coefficient (Wildman–Crippen LogP) is 4.54. The van der Waals surface area contributed by atoms with Gasteiger partial charge in [-0.15, -0.1) is 0 Å². The van der Waals surface area contributed by atoms with Crippen molar-refractivity contribution in [2.45, 2.75) is 64.1 Å². The van der Waals surface area contributed by atoms with Crippen LogP contribution in [0.3, 0.4) is 0 Å². The van der Waals surface area contributed by atoms with Crippen molar-refractivity contribution >= 4 is 69.3 Å². The molecule has 3 atom stereocenters. The van der Waals surface area contributed by atoms with Gasteiger partial charge in [-0.1, -0.05) is 12.1 Å². The summed E-state index contributed by atoms with van der Waals surface area (Å²) in [6.07, 6.45) is 8.52. The maximum absolute atomic E-state index is 13.5. The third-order valence-electron chi connectivity index (χ3n) is 13.2. The largest absolute Gasteiger partial charge is 0.369 e. The highest BCUT2D eigenvalue weighted by Crippen LogP contribution is 2.36. The monoisotopic (exact) mass is 838 g/mol. The summed E-state index contributed by atoms with van der Waals surface area (Å²) in [5.74, 6) is -0.706. The highest BCUT2D eigenvalue weighted by atomic mass is 16.2. The second-order valence-corrected chi connectivity index (χ2v) is 17.0. The molecule has 4 fully saturated rings. The summed E-state index contributed by atoms with van der Waals surface area (Å²) in [6.45, 7) is 19.0. The first-order valence-electron chi connectivity index (χ1n) is 21.6. The van der Waals surface area contributed by atoms with E-state index in [0.29, 0.717) is 53.0 Å². The number of piperidine rings is 2. The first-order valence-corrected chi connectivity index (χ1v) is 21.6. The molecule has 4 aromatic rings. The van der Waals surface area contributed by atoms with Crippen LogP contribution in [0.25, 0.3) is 15.7 Å². The van der Waals surface area contributed by atoms with Crippen LogP contribution in [0, 0.1) is 12.5 Å². The second kappa shape index (κ2) is 17.0. The predicted molar refractivity (Wildman–Crippen MR) is 233 cm³/mol. The minimum absolute atomic E-state index is 0.0418. The number of anilines is 4. The number of amides is 6. The van der Waals surface area contributed by atoms with Crippen LogP contribution in [0.5, 0.6) is 0 Å². The molecule has 2 aromatic carbocycles. The van der Waals surface area contributed by atoms with Crippen LogP contribution in [0.1, 0.15) is 66.7 Å². The molecule has 62 heavy (non-hydrogen) atoms. The van der Waals surface area contributed by atoms with Gasteiger partial charge in [0.2, 0.25) is 23.5 Å². The summed E-state index contributed by atoms with van der Waals surface area (Å²) in [5.41, 5.74) is 4.27. The fraction of sp³-hybridized carbons (Fsp3) is 0.444. The molecule has 5 aliphatic rings. The van der Waals surface area contributed by atoms with Crippen molar-refractivity contribution < 1.29 is 24.0 Å². The number of benzene rings is 2. The van der Waals surface area contributed by atoms with Gasteiger partial charge in [0.05, 0.1) is 41.3 Å². The van der Waals surface area contributed by atoms with Gasteiger partial charge < -0.3 is 24.9 Å². The Morgan fingerprint density at radius 1 is 0.855 bits per heavy atom. The zero-order valence-electron chi connectivity index (χ0n) is 35.0. The number of pyridine rings is 1. The van der Waals surface area contributed by atoms with Crippen molar-refractivity contribution in [3.05, 3.63) is 83.6 Å². The number of nitrogens with zero attached hydrogens (tertiary/aromatic N) is 10. The number of rotatable bonds is 8. The second-order valence-electron chi connectivity index (χ2n) is 17.0. The molecule has 9 rings (SSSR count). The molecule has 4 saturated heterocycles. The third-order valence-corrected chi connectivity index (χ3v) is 13.2. The van der Waals surface area contributed by atoms with Crippen LogP contribution in [-0.4, -0.2) is 136 Å². The maximum atomic E-state index is 13.5. The van der Waals surface area contributed by atoms with E-state index >= 15 is 0 Å². The Bertz CT molecular complexity index is 2460. The minimum Gasteiger partial charge on any atom is -0.369 e. The molecule has 0 radical (unpaired) electrons. The summed E-state index contributed by atoms with van der Waals surface area (Å²) in [5, 5.41) is 6.19. The highest BCUT2D eigenvalue weighted by molar-refractivity contribution is 6.23. The number of hydrogen-bond acceptors (Lipinski definition) is 12. The quantitative estimate of drug-likeness (QED) is 0.188. The van der Waals surface area contributed by atoms with Gasteiger partial charge in [0.15, 0.2) is 0 Å². The first kappa shape index (κ1) is 40.7. The topological polar surface area (TPSA) is 172 Å². The molecule has 0 spiro atoms. The van der Waals surface area contributed by atoms with Crippen LogP contribution >= 0.6 is 0 Å². The van der Waals surface area contributed by atoms with E-state index in [-0.39, 0.29) is 31.0 Å². The molecule has 6 amide bonds. The van der Waals surface area contributed by atoms with Gasteiger partial charge in [0, 0.05) is 93.8 Å². The Labute approximate surface area is 359 Å². The molecule has 5 aliphatic heterocycles. The van der Waals surface area contributed by atoms with Gasteiger partial charge in [-0.05, 0) is 82.3 Å². The molecule has 0 aliphatic carbocycles. The van der Waals surface area contributed by atoms with Crippen LogP contribution in [0.4, 0.5) is 33.5 Å². The van der Waals surface area contributed by atoms with E-state index in [0.717, 1.165) is 86.7 Å². The molecule has 17 nitrogen and oxygen atoms in total. The molecular weight excluding hydrogens is 789 g/mol. The smallest absolute Gasteiger partial charge is 0.322 e. The average molecular weight is 839 g/mol. The fourth-order valence-corrected chi connectivity index (χ4v) is 9.65. The Morgan fingerprint density at radius 2 is 1.61 bits per heavy atom. The van der Waals surface area contributed by atoms with Gasteiger partial charge in [-0.2, -0.15) is 0 Å². The number of imide groups is 2. The molecule has 2 N–H and O–H groups in total. The molecule has 7 heterocycles. The summed E-state index contributed by atoms with van der Waals surface area (Å²) in [7, 11) is 0. The molecule has 0 bridgehead atoms. The summed E-state index contributed by atoms with van der Waals surface area (Å²) >= 11 is 0. The average Bonchev–Trinajstić information content (AvgIpc) is 3.54. The standard InChI is InChI=1S/C45H50N12O5/c1-28-27-56(29(2)26-55(28)37-9-8-36(46-3)40-34(37)5-4-15-47-40)45(62)50-31-24-48-44(49-25-31)54-17-13-30(14-18-54)12-16-52-19-21-53(22-20-52)32-6-7-33-35(23-32)43(61)57(42(33)60)38-10-11-39(58)51-41(38)59/h4-9,15,23-25,28-30,38H,10-14,16-22,26-27H2,1-2H3,(H,50,62)(H,51,58,59)/t28-,29+,38?/m0/s1. The van der Waals surface area contributed by atoms with E-state index in [1.807, 2.05) is 42.2 Å². The van der Waals surface area contributed by atoms with E-state index < -0.39 is 29.7 Å². The van der Waals surface area contributed by atoms with Crippen molar-refractivity contribution in [1.82, 2.24) is 35.0 Å². The Kier molecular flexibility index (Phi) is 11.2. The van der Waals surface area contributed by atoms with Gasteiger partial charge >= 0.3 is 6.03 Å². The van der Waals surface area contributed by atoms with Crippen LogP contribution in [0.15, 0.2) is 61.1 Å². The number of hydrogen-bond donors (Lipinski definition) is 2. The Morgan fingerprint density at radius 3 is 2.35 bits per heavy atom. The van der Waals surface area contributed by atoms with Crippen LogP contribution in [-0.2, 0) is 9.59 Å². The molecule has 1 unspecified atom stereocenters. The Hall–Kier alpha value is -6.67. The van der Waals surface area contributed by atoms with Gasteiger partial charge in [0.25, 0.3) is 11.8 Å². The minimum atomic E-state index is -0.974. The number of urea groups is 1. The van der Waals surface area contributed by atoms with E-state index in [1.165, 1.54) is 0 Å². The lowest BCUT2D eigenvalue weighted by Crippen LogP contribution is -2.59. The third kappa shape index (κ3) is 7.86. The number of aromatic nitrogens is 3. The number of carbonyl (C=O) groups excluding carboxylic acids is 5. The number of fused-ring (bicyclic) bond motifs is 2. The van der Waals surface area contributed by atoms with Gasteiger partial charge in [0.1, 0.15) is 6.04 Å². The van der Waals surface area contributed by atoms with Crippen LogP contribution < -0.4 is 25.3 Å². The molecule has 0 saturated carbocycles. The SMILES string of the molecule is [C-]#[N+]c1ccc(N2C[C@@H](C)N(C(=O)Nc3cnc(N4CCC(CCN5CCN(c6ccc7c(c6)C(=O)N(C6CCC(=O)NC6=O)C7=O)CC5)CC4)nc3)C[C@@H]2C)c2cccnc12. The van der Waals surface area contributed by atoms with Gasteiger partial charge in [-0.25, -0.2) is 19.6 Å². The van der Waals surface area contributed by atoms with Crippen molar-refractivity contribution in [3.8, 4) is 0 Å². The van der Waals surface area contributed by atoms with Crippen molar-refractivity contribution in [2.75, 3.05) is 78.9 Å². The lowest BCUT2D eigenvalue weighted by Gasteiger charge is -2.45. The van der Waals surface area contributed by atoms with Crippen molar-refractivity contribution in [1.29, 1.82) is 0 Å². The van der Waals surface area contributed by atoms with Crippen molar-refractivity contribution in [3.63, 3.8) is 0 Å².